The second-order valence-electron chi connectivity index (χ2n) is 3.62. The lowest BCUT2D eigenvalue weighted by Gasteiger charge is -2.19. The first-order valence-corrected chi connectivity index (χ1v) is 4.45. The maximum atomic E-state index is 11.3. The molecule has 4 heteroatoms. The lowest BCUT2D eigenvalue weighted by atomic mass is 9.92. The predicted molar refractivity (Wildman–Crippen MR) is 54.6 cm³/mol. The first-order valence-electron chi connectivity index (χ1n) is 4.45. The van der Waals surface area contributed by atoms with E-state index in [-0.39, 0.29) is 5.91 Å². The number of carbonyl (C=O) groups is 1. The normalized spacial score (nSPS) is 12.8. The summed E-state index contributed by atoms with van der Waals surface area (Å²) >= 11 is 0. The van der Waals surface area contributed by atoms with Gasteiger partial charge in [-0.1, -0.05) is 6.92 Å². The van der Waals surface area contributed by atoms with Crippen molar-refractivity contribution in [2.45, 2.75) is 27.2 Å². The van der Waals surface area contributed by atoms with E-state index in [1.807, 2.05) is 20.8 Å². The van der Waals surface area contributed by atoms with Crippen LogP contribution in [0.4, 0.5) is 0 Å². The standard InChI is InChI=1S/C9H19N3O/c1-5-7(10)12-6-9(2,3)8(13)11-4/h5-6H2,1-4H3,(H2,10,12)(H,11,13). The summed E-state index contributed by atoms with van der Waals surface area (Å²) in [7, 11) is 1.62. The molecule has 0 aliphatic carbocycles. The lowest BCUT2D eigenvalue weighted by Crippen LogP contribution is -2.37. The molecular formula is C9H19N3O. The molecule has 0 rings (SSSR count). The van der Waals surface area contributed by atoms with Crippen molar-refractivity contribution in [2.24, 2.45) is 16.1 Å². The molecule has 0 saturated carbocycles. The highest BCUT2D eigenvalue weighted by Gasteiger charge is 2.25. The van der Waals surface area contributed by atoms with Crippen LogP contribution < -0.4 is 11.1 Å². The molecule has 3 N–H and O–H groups in total. The molecule has 0 aliphatic rings. The SMILES string of the molecule is CCC(N)=NCC(C)(C)C(=O)NC. The van der Waals surface area contributed by atoms with Crippen LogP contribution in [0.15, 0.2) is 4.99 Å². The van der Waals surface area contributed by atoms with Gasteiger partial charge in [-0.3, -0.25) is 9.79 Å². The molecule has 0 radical (unpaired) electrons. The van der Waals surface area contributed by atoms with E-state index in [0.29, 0.717) is 12.4 Å². The Morgan fingerprint density at radius 3 is 2.46 bits per heavy atom. The molecule has 0 fully saturated rings. The number of hydrogen-bond donors (Lipinski definition) is 2. The number of nitrogens with zero attached hydrogens (tertiary/aromatic N) is 1. The average molecular weight is 185 g/mol. The number of aliphatic imine (C=N–C) groups is 1. The second kappa shape index (κ2) is 4.84. The molecule has 1 amide bonds. The first-order chi connectivity index (χ1) is 5.94. The van der Waals surface area contributed by atoms with Gasteiger partial charge < -0.3 is 11.1 Å². The van der Waals surface area contributed by atoms with Crippen molar-refractivity contribution < 1.29 is 4.79 Å². The minimum absolute atomic E-state index is 0.0137. The highest BCUT2D eigenvalue weighted by Crippen LogP contribution is 2.15. The molecule has 0 bridgehead atoms. The van der Waals surface area contributed by atoms with Crippen molar-refractivity contribution in [2.75, 3.05) is 13.6 Å². The van der Waals surface area contributed by atoms with E-state index in [4.69, 9.17) is 5.73 Å². The predicted octanol–water partition coefficient (Wildman–Crippen LogP) is 0.526. The molecule has 0 unspecified atom stereocenters. The van der Waals surface area contributed by atoms with Crippen LogP contribution in [0.5, 0.6) is 0 Å². The molecule has 0 aromatic rings. The Balaban J connectivity index is 4.26. The number of rotatable bonds is 4. The van der Waals surface area contributed by atoms with E-state index < -0.39 is 5.41 Å². The summed E-state index contributed by atoms with van der Waals surface area (Å²) in [5.74, 6) is 0.581. The van der Waals surface area contributed by atoms with Crippen LogP contribution in [0.2, 0.25) is 0 Å². The fourth-order valence-electron chi connectivity index (χ4n) is 0.821. The number of nitrogens with one attached hydrogen (secondary N) is 1. The third-order valence-electron chi connectivity index (χ3n) is 1.88. The Morgan fingerprint density at radius 1 is 1.54 bits per heavy atom. The molecule has 0 aromatic carbocycles. The van der Waals surface area contributed by atoms with Gasteiger partial charge in [0.15, 0.2) is 0 Å². The second-order valence-corrected chi connectivity index (χ2v) is 3.62. The quantitative estimate of drug-likeness (QED) is 0.495. The van der Waals surface area contributed by atoms with E-state index in [0.717, 1.165) is 6.42 Å². The number of hydrogen-bond acceptors (Lipinski definition) is 2. The van der Waals surface area contributed by atoms with Gasteiger partial charge in [-0.05, 0) is 13.8 Å². The Bertz CT molecular complexity index is 209. The van der Waals surface area contributed by atoms with Crippen LogP contribution in [0, 0.1) is 5.41 Å². The molecule has 4 nitrogen and oxygen atoms in total. The Morgan fingerprint density at radius 2 is 2.08 bits per heavy atom. The number of amides is 1. The van der Waals surface area contributed by atoms with Crippen molar-refractivity contribution in [3.63, 3.8) is 0 Å². The monoisotopic (exact) mass is 185 g/mol. The number of carbonyl (C=O) groups excluding carboxylic acids is 1. The third kappa shape index (κ3) is 3.92. The summed E-state index contributed by atoms with van der Waals surface area (Å²) < 4.78 is 0. The van der Waals surface area contributed by atoms with Gasteiger partial charge in [0.25, 0.3) is 0 Å². The minimum Gasteiger partial charge on any atom is -0.387 e. The van der Waals surface area contributed by atoms with Crippen molar-refractivity contribution in [1.29, 1.82) is 0 Å². The van der Waals surface area contributed by atoms with Crippen LogP contribution in [0.25, 0.3) is 0 Å². The van der Waals surface area contributed by atoms with E-state index in [2.05, 4.69) is 10.3 Å². The minimum atomic E-state index is -0.478. The molecule has 0 heterocycles. The topological polar surface area (TPSA) is 67.5 Å². The summed E-state index contributed by atoms with van der Waals surface area (Å²) in [6.07, 6.45) is 0.726. The van der Waals surface area contributed by atoms with E-state index in [1.165, 1.54) is 0 Å². The van der Waals surface area contributed by atoms with Crippen molar-refractivity contribution in [3.05, 3.63) is 0 Å². The van der Waals surface area contributed by atoms with Crippen LogP contribution in [-0.2, 0) is 4.79 Å². The fraction of sp³-hybridized carbons (Fsp3) is 0.778. The van der Waals surface area contributed by atoms with Crippen molar-refractivity contribution in [3.8, 4) is 0 Å². The fourth-order valence-corrected chi connectivity index (χ4v) is 0.821. The largest absolute Gasteiger partial charge is 0.387 e. The van der Waals surface area contributed by atoms with Crippen molar-refractivity contribution in [1.82, 2.24) is 5.32 Å². The lowest BCUT2D eigenvalue weighted by molar-refractivity contribution is -0.128. The van der Waals surface area contributed by atoms with Crippen LogP contribution in [0.1, 0.15) is 27.2 Å². The third-order valence-corrected chi connectivity index (χ3v) is 1.88. The van der Waals surface area contributed by atoms with Gasteiger partial charge in [-0.25, -0.2) is 0 Å². The van der Waals surface area contributed by atoms with Crippen LogP contribution in [-0.4, -0.2) is 25.3 Å². The molecule has 13 heavy (non-hydrogen) atoms. The zero-order valence-corrected chi connectivity index (χ0v) is 8.85. The summed E-state index contributed by atoms with van der Waals surface area (Å²) in [5, 5.41) is 2.60. The zero-order valence-electron chi connectivity index (χ0n) is 8.85. The summed E-state index contributed by atoms with van der Waals surface area (Å²) in [5.41, 5.74) is 5.06. The molecule has 0 saturated heterocycles. The molecule has 0 aromatic heterocycles. The van der Waals surface area contributed by atoms with E-state index in [9.17, 15) is 4.79 Å². The van der Waals surface area contributed by atoms with Gasteiger partial charge in [0.2, 0.25) is 5.91 Å². The van der Waals surface area contributed by atoms with Gasteiger partial charge >= 0.3 is 0 Å². The smallest absolute Gasteiger partial charge is 0.227 e. The summed E-state index contributed by atoms with van der Waals surface area (Å²) in [6.45, 7) is 6.06. The van der Waals surface area contributed by atoms with Gasteiger partial charge in [-0.15, -0.1) is 0 Å². The van der Waals surface area contributed by atoms with E-state index in [1.54, 1.807) is 7.05 Å². The first kappa shape index (κ1) is 11.9. The average Bonchev–Trinajstić information content (AvgIpc) is 2.12. The molecular weight excluding hydrogens is 166 g/mol. The maximum absolute atomic E-state index is 11.3. The van der Waals surface area contributed by atoms with Crippen molar-refractivity contribution >= 4 is 11.7 Å². The summed E-state index contributed by atoms with van der Waals surface area (Å²) in [6, 6.07) is 0. The zero-order chi connectivity index (χ0) is 10.5. The maximum Gasteiger partial charge on any atom is 0.227 e. The molecule has 76 valence electrons. The van der Waals surface area contributed by atoms with Crippen LogP contribution >= 0.6 is 0 Å². The molecule has 0 spiro atoms. The Hall–Kier alpha value is -1.06. The number of nitrogens with two attached hydrogens (primary N) is 1. The summed E-state index contributed by atoms with van der Waals surface area (Å²) in [4.78, 5) is 15.4. The highest BCUT2D eigenvalue weighted by atomic mass is 16.2. The highest BCUT2D eigenvalue weighted by molar-refractivity contribution is 5.83. The Labute approximate surface area is 79.6 Å². The number of amidine groups is 1. The molecule has 0 aliphatic heterocycles. The Kier molecular flexibility index (Phi) is 4.45. The van der Waals surface area contributed by atoms with Gasteiger partial charge in [0.05, 0.1) is 17.8 Å². The molecule has 0 atom stereocenters. The van der Waals surface area contributed by atoms with Gasteiger partial charge in [-0.2, -0.15) is 0 Å². The van der Waals surface area contributed by atoms with Gasteiger partial charge in [0, 0.05) is 13.5 Å². The van der Waals surface area contributed by atoms with E-state index >= 15 is 0 Å². The van der Waals surface area contributed by atoms with Gasteiger partial charge in [0.1, 0.15) is 0 Å². The van der Waals surface area contributed by atoms with Crippen LogP contribution in [0.3, 0.4) is 0 Å².